The zero-order valence-corrected chi connectivity index (χ0v) is 16.8. The molecular formula is C20H18F8O6. The first kappa shape index (κ1) is 27.9. The average Bonchev–Trinajstić information content (AvgIpc) is 2.81. The first-order valence-electron chi connectivity index (χ1n) is 9.36. The Balaban J connectivity index is 2.50. The Morgan fingerprint density at radius 1 is 0.618 bits per heavy atom. The summed E-state index contributed by atoms with van der Waals surface area (Å²) in [5, 5.41) is 60.3. The van der Waals surface area contributed by atoms with Gasteiger partial charge < -0.3 is 30.6 Å². The fraction of sp³-hybridized carbons (Fsp3) is 0.400. The summed E-state index contributed by atoms with van der Waals surface area (Å²) in [4.78, 5) is 0. The van der Waals surface area contributed by atoms with E-state index in [9.17, 15) is 60.7 Å². The third-order valence-corrected chi connectivity index (χ3v) is 5.20. The average molecular weight is 506 g/mol. The van der Waals surface area contributed by atoms with Crippen LogP contribution in [0.25, 0.3) is 0 Å². The number of rotatable bonds is 9. The molecule has 0 bridgehead atoms. The monoisotopic (exact) mass is 506 g/mol. The summed E-state index contributed by atoms with van der Waals surface area (Å²) in [5.74, 6) is -17.0. The summed E-state index contributed by atoms with van der Waals surface area (Å²) in [5.41, 5.74) is -5.65. The van der Waals surface area contributed by atoms with Crippen molar-refractivity contribution >= 4 is 0 Å². The Bertz CT molecular complexity index is 1050. The third kappa shape index (κ3) is 5.16. The van der Waals surface area contributed by atoms with Crippen LogP contribution in [-0.4, -0.2) is 67.3 Å². The fourth-order valence-corrected chi connectivity index (χ4v) is 3.31. The van der Waals surface area contributed by atoms with Crippen LogP contribution in [0.5, 0.6) is 0 Å². The molecule has 0 aliphatic carbocycles. The Hall–Kier alpha value is -2.36. The topological polar surface area (TPSA) is 121 Å². The van der Waals surface area contributed by atoms with Gasteiger partial charge in [-0.25, -0.2) is 35.1 Å². The quantitative estimate of drug-likeness (QED) is 0.170. The first-order valence-corrected chi connectivity index (χ1v) is 9.36. The van der Waals surface area contributed by atoms with Gasteiger partial charge >= 0.3 is 0 Å². The van der Waals surface area contributed by atoms with Crippen LogP contribution in [-0.2, 0) is 12.8 Å². The van der Waals surface area contributed by atoms with Crippen molar-refractivity contribution in [3.63, 3.8) is 0 Å². The van der Waals surface area contributed by atoms with E-state index in [1.54, 1.807) is 0 Å². The maximum atomic E-state index is 14.1. The summed E-state index contributed by atoms with van der Waals surface area (Å²) < 4.78 is 108. The van der Waals surface area contributed by atoms with Gasteiger partial charge in [0.2, 0.25) is 0 Å². The van der Waals surface area contributed by atoms with E-state index in [-0.39, 0.29) is 12.1 Å². The Kier molecular flexibility index (Phi) is 8.61. The van der Waals surface area contributed by atoms with Crippen LogP contribution in [0, 0.1) is 46.5 Å². The molecular weight excluding hydrogens is 488 g/mol. The molecule has 0 spiro atoms. The molecule has 0 aromatic heterocycles. The smallest absolute Gasteiger partial charge is 0.197 e. The van der Waals surface area contributed by atoms with Crippen molar-refractivity contribution in [2.45, 2.75) is 42.9 Å². The molecule has 2 aromatic carbocycles. The maximum absolute atomic E-state index is 14.1. The van der Waals surface area contributed by atoms with Crippen LogP contribution in [0.1, 0.15) is 11.1 Å². The SMILES string of the molecule is OC[C@H](O)[C@@H](O)[C@@](O)(Cc1cc(F)c(F)c(F)c1F)[C@H](O)C(O)Cc1cc(F)c(F)c(F)c1F. The van der Waals surface area contributed by atoms with Crippen molar-refractivity contribution in [3.8, 4) is 0 Å². The molecule has 14 heteroatoms. The molecule has 0 saturated heterocycles. The van der Waals surface area contributed by atoms with Gasteiger partial charge in [-0.1, -0.05) is 0 Å². The standard InChI is InChI=1S/C20H18F8O6/c21-8-1-6(12(23)16(27)14(8)25)3-10(30)18(32)20(34,19(33)11(31)5-29)4-7-2-9(22)15(26)17(28)13(7)24/h1-2,10-11,18-19,29-34H,3-5H2/t10?,11-,18+,19+,20+/m0/s1. The number of hydrogen-bond acceptors (Lipinski definition) is 6. The highest BCUT2D eigenvalue weighted by Crippen LogP contribution is 2.31. The molecule has 0 radical (unpaired) electrons. The number of benzene rings is 2. The van der Waals surface area contributed by atoms with Gasteiger partial charge in [0, 0.05) is 12.8 Å². The third-order valence-electron chi connectivity index (χ3n) is 5.20. The molecule has 6 N–H and O–H groups in total. The fourth-order valence-electron chi connectivity index (χ4n) is 3.31. The van der Waals surface area contributed by atoms with Gasteiger partial charge in [0.25, 0.3) is 0 Å². The highest BCUT2D eigenvalue weighted by Gasteiger charge is 2.49. The van der Waals surface area contributed by atoms with E-state index < -0.39 is 107 Å². The second kappa shape index (κ2) is 10.5. The largest absolute Gasteiger partial charge is 0.394 e. The van der Waals surface area contributed by atoms with Crippen LogP contribution in [0.4, 0.5) is 35.1 Å². The highest BCUT2D eigenvalue weighted by atomic mass is 19.2. The minimum atomic E-state index is -3.38. The Morgan fingerprint density at radius 2 is 1.03 bits per heavy atom. The van der Waals surface area contributed by atoms with E-state index in [0.717, 1.165) is 0 Å². The van der Waals surface area contributed by atoms with Gasteiger partial charge in [-0.3, -0.25) is 0 Å². The lowest BCUT2D eigenvalue weighted by Crippen LogP contribution is -2.62. The second-order valence-electron chi connectivity index (χ2n) is 7.50. The predicted molar refractivity (Wildman–Crippen MR) is 96.0 cm³/mol. The van der Waals surface area contributed by atoms with Crippen LogP contribution < -0.4 is 0 Å². The van der Waals surface area contributed by atoms with Gasteiger partial charge in [-0.15, -0.1) is 0 Å². The normalized spacial score (nSPS) is 17.2. The first-order chi connectivity index (χ1) is 15.7. The summed E-state index contributed by atoms with van der Waals surface area (Å²) in [6.07, 6.45) is -13.1. The molecule has 0 aliphatic heterocycles. The molecule has 2 rings (SSSR count). The van der Waals surface area contributed by atoms with Gasteiger partial charge in [-0.05, 0) is 23.3 Å². The maximum Gasteiger partial charge on any atom is 0.197 e. The molecule has 0 heterocycles. The van der Waals surface area contributed by atoms with Crippen molar-refractivity contribution in [3.05, 3.63) is 69.8 Å². The van der Waals surface area contributed by atoms with Crippen molar-refractivity contribution in [2.75, 3.05) is 6.61 Å². The number of aliphatic hydroxyl groups is 6. The lowest BCUT2D eigenvalue weighted by Gasteiger charge is -2.40. The molecule has 2 aromatic rings. The zero-order chi connectivity index (χ0) is 26.1. The summed E-state index contributed by atoms with van der Waals surface area (Å²) in [6.45, 7) is -1.30. The van der Waals surface area contributed by atoms with Gasteiger partial charge in [0.1, 0.15) is 23.9 Å². The molecule has 0 saturated carbocycles. The number of hydrogen-bond donors (Lipinski definition) is 6. The van der Waals surface area contributed by atoms with Crippen LogP contribution >= 0.6 is 0 Å². The molecule has 0 fully saturated rings. The summed E-state index contributed by atoms with van der Waals surface area (Å²) >= 11 is 0. The van der Waals surface area contributed by atoms with Crippen molar-refractivity contribution in [2.24, 2.45) is 0 Å². The van der Waals surface area contributed by atoms with Gasteiger partial charge in [0.05, 0.1) is 12.7 Å². The predicted octanol–water partition coefficient (Wildman–Crippen LogP) is 0.752. The molecule has 34 heavy (non-hydrogen) atoms. The second-order valence-corrected chi connectivity index (χ2v) is 7.50. The van der Waals surface area contributed by atoms with Crippen molar-refractivity contribution in [1.29, 1.82) is 0 Å². The van der Waals surface area contributed by atoms with Crippen molar-refractivity contribution in [1.82, 2.24) is 0 Å². The number of aliphatic hydroxyl groups excluding tert-OH is 5. The molecule has 190 valence electrons. The molecule has 1 unspecified atom stereocenters. The van der Waals surface area contributed by atoms with E-state index in [4.69, 9.17) is 5.11 Å². The molecule has 0 amide bonds. The van der Waals surface area contributed by atoms with E-state index in [1.165, 1.54) is 0 Å². The minimum absolute atomic E-state index is 0.0280. The van der Waals surface area contributed by atoms with Gasteiger partial charge in [0.15, 0.2) is 46.5 Å². The lowest BCUT2D eigenvalue weighted by atomic mass is 9.78. The molecule has 0 aliphatic rings. The minimum Gasteiger partial charge on any atom is -0.394 e. The van der Waals surface area contributed by atoms with E-state index in [2.05, 4.69) is 0 Å². The Morgan fingerprint density at radius 3 is 1.50 bits per heavy atom. The van der Waals surface area contributed by atoms with Crippen molar-refractivity contribution < 1.29 is 65.8 Å². The van der Waals surface area contributed by atoms with Crippen LogP contribution in [0.2, 0.25) is 0 Å². The zero-order valence-electron chi connectivity index (χ0n) is 16.8. The molecule has 6 nitrogen and oxygen atoms in total. The van der Waals surface area contributed by atoms with Crippen LogP contribution in [0.3, 0.4) is 0 Å². The van der Waals surface area contributed by atoms with E-state index >= 15 is 0 Å². The van der Waals surface area contributed by atoms with E-state index in [1.807, 2.05) is 0 Å². The van der Waals surface area contributed by atoms with Crippen LogP contribution in [0.15, 0.2) is 12.1 Å². The highest BCUT2D eigenvalue weighted by molar-refractivity contribution is 5.26. The van der Waals surface area contributed by atoms with E-state index in [0.29, 0.717) is 0 Å². The summed E-state index contributed by atoms with van der Waals surface area (Å²) in [6, 6.07) is 0.131. The Labute approximate surface area is 185 Å². The summed E-state index contributed by atoms with van der Waals surface area (Å²) in [7, 11) is 0. The van der Waals surface area contributed by atoms with Gasteiger partial charge in [-0.2, -0.15) is 0 Å². The molecule has 5 atom stereocenters. The lowest BCUT2D eigenvalue weighted by molar-refractivity contribution is -0.203. The number of halogens is 8.